The third-order valence-corrected chi connectivity index (χ3v) is 5.73. The molecule has 174 valence electrons. The Hall–Kier alpha value is -3.41. The molecule has 2 amide bonds. The number of hydrogen-bond acceptors (Lipinski definition) is 4. The monoisotopic (exact) mass is 446 g/mol. The molecule has 0 aromatic heterocycles. The van der Waals surface area contributed by atoms with Crippen LogP contribution in [0.4, 0.5) is 5.69 Å². The van der Waals surface area contributed by atoms with Crippen molar-refractivity contribution in [1.29, 1.82) is 0 Å². The van der Waals surface area contributed by atoms with E-state index in [0.717, 1.165) is 24.0 Å². The average molecular weight is 447 g/mol. The third-order valence-electron chi connectivity index (χ3n) is 5.73. The minimum Gasteiger partial charge on any atom is -0.387 e. The lowest BCUT2D eigenvalue weighted by Crippen LogP contribution is -2.40. The Balaban J connectivity index is 1.87. The van der Waals surface area contributed by atoms with Crippen LogP contribution in [0.1, 0.15) is 68.4 Å². The maximum absolute atomic E-state index is 13.1. The summed E-state index contributed by atoms with van der Waals surface area (Å²) in [6, 6.07) is 15.2. The van der Waals surface area contributed by atoms with Crippen LogP contribution in [0.5, 0.6) is 0 Å². The van der Waals surface area contributed by atoms with Gasteiger partial charge in [0.15, 0.2) is 0 Å². The maximum atomic E-state index is 13.1. The van der Waals surface area contributed by atoms with E-state index in [0.29, 0.717) is 42.2 Å². The van der Waals surface area contributed by atoms with Crippen LogP contribution in [0.25, 0.3) is 6.08 Å². The van der Waals surface area contributed by atoms with Gasteiger partial charge in [0.1, 0.15) is 5.84 Å². The number of carbonyl (C=O) groups is 2. The number of amidine groups is 1. The van der Waals surface area contributed by atoms with Gasteiger partial charge in [-0.1, -0.05) is 50.2 Å². The van der Waals surface area contributed by atoms with Gasteiger partial charge in [-0.2, -0.15) is 0 Å². The average Bonchev–Trinajstić information content (AvgIpc) is 2.96. The van der Waals surface area contributed by atoms with E-state index in [1.165, 1.54) is 0 Å². The maximum Gasteiger partial charge on any atom is 0.252 e. The van der Waals surface area contributed by atoms with Gasteiger partial charge in [0, 0.05) is 36.2 Å². The van der Waals surface area contributed by atoms with Crippen LogP contribution in [-0.2, 0) is 10.3 Å². The van der Waals surface area contributed by atoms with E-state index in [2.05, 4.69) is 24.2 Å². The highest BCUT2D eigenvalue weighted by molar-refractivity contribution is 6.06. The summed E-state index contributed by atoms with van der Waals surface area (Å²) in [5, 5.41) is 3.10. The van der Waals surface area contributed by atoms with E-state index < -0.39 is 5.54 Å². The summed E-state index contributed by atoms with van der Waals surface area (Å²) in [7, 11) is 0. The van der Waals surface area contributed by atoms with Crippen molar-refractivity contribution in [3.63, 3.8) is 0 Å². The molecule has 0 aliphatic carbocycles. The van der Waals surface area contributed by atoms with Crippen molar-refractivity contribution in [3.05, 3.63) is 70.8 Å². The summed E-state index contributed by atoms with van der Waals surface area (Å²) in [6.45, 7) is 9.49. The van der Waals surface area contributed by atoms with Gasteiger partial charge in [0.25, 0.3) is 5.91 Å². The number of aliphatic imine (C=N–C) groups is 1. The van der Waals surface area contributed by atoms with Crippen molar-refractivity contribution in [2.24, 2.45) is 10.7 Å². The molecular formula is C27H34N4O2. The van der Waals surface area contributed by atoms with Gasteiger partial charge in [-0.05, 0) is 50.5 Å². The fourth-order valence-corrected chi connectivity index (χ4v) is 4.01. The molecule has 33 heavy (non-hydrogen) atoms. The van der Waals surface area contributed by atoms with Crippen molar-refractivity contribution in [1.82, 2.24) is 10.2 Å². The second kappa shape index (κ2) is 10.5. The first-order valence-electron chi connectivity index (χ1n) is 11.6. The van der Waals surface area contributed by atoms with Crippen LogP contribution in [-0.4, -0.2) is 35.6 Å². The van der Waals surface area contributed by atoms with Crippen molar-refractivity contribution in [2.75, 3.05) is 13.1 Å². The molecule has 1 aliphatic rings. The third kappa shape index (κ3) is 5.89. The highest BCUT2D eigenvalue weighted by Crippen LogP contribution is 2.29. The normalized spacial score (nSPS) is 13.3. The van der Waals surface area contributed by atoms with Crippen LogP contribution >= 0.6 is 0 Å². The van der Waals surface area contributed by atoms with Gasteiger partial charge in [-0.25, -0.2) is 4.99 Å². The Labute approximate surface area is 196 Å². The predicted molar refractivity (Wildman–Crippen MR) is 134 cm³/mol. The molecule has 2 aromatic rings. The molecule has 1 heterocycles. The zero-order valence-electron chi connectivity index (χ0n) is 20.0. The molecule has 0 saturated carbocycles. The Morgan fingerprint density at radius 1 is 1.06 bits per heavy atom. The van der Waals surface area contributed by atoms with Gasteiger partial charge in [0.2, 0.25) is 5.91 Å². The van der Waals surface area contributed by atoms with Crippen LogP contribution in [0.15, 0.2) is 59.1 Å². The molecular weight excluding hydrogens is 412 g/mol. The number of nitrogens with two attached hydrogens (primary N) is 1. The zero-order valence-corrected chi connectivity index (χ0v) is 20.0. The van der Waals surface area contributed by atoms with E-state index in [-0.39, 0.29) is 11.8 Å². The number of nitrogens with zero attached hydrogens (tertiary/aromatic N) is 2. The molecule has 0 spiro atoms. The molecule has 6 nitrogen and oxygen atoms in total. The molecule has 2 aromatic carbocycles. The zero-order chi connectivity index (χ0) is 24.0. The Morgan fingerprint density at radius 2 is 1.73 bits per heavy atom. The van der Waals surface area contributed by atoms with Crippen molar-refractivity contribution < 1.29 is 9.59 Å². The lowest BCUT2D eigenvalue weighted by Gasteiger charge is -2.27. The highest BCUT2D eigenvalue weighted by Gasteiger charge is 2.25. The van der Waals surface area contributed by atoms with E-state index in [1.807, 2.05) is 61.2 Å². The van der Waals surface area contributed by atoms with E-state index in [9.17, 15) is 9.59 Å². The quantitative estimate of drug-likeness (QED) is 0.612. The number of rotatable bonds is 8. The molecule has 3 N–H and O–H groups in total. The Bertz CT molecular complexity index is 1060. The lowest BCUT2D eigenvalue weighted by atomic mass is 9.94. The molecule has 0 unspecified atom stereocenters. The van der Waals surface area contributed by atoms with Crippen molar-refractivity contribution >= 4 is 29.4 Å². The first-order chi connectivity index (χ1) is 15.7. The molecule has 0 fully saturated rings. The molecule has 1 aliphatic heterocycles. The van der Waals surface area contributed by atoms with Gasteiger partial charge in [0.05, 0.1) is 11.2 Å². The number of amides is 2. The van der Waals surface area contributed by atoms with E-state index in [1.54, 1.807) is 12.1 Å². The minimum atomic E-state index is -0.533. The summed E-state index contributed by atoms with van der Waals surface area (Å²) in [6.07, 6.45) is 3.95. The first-order valence-corrected chi connectivity index (χ1v) is 11.6. The van der Waals surface area contributed by atoms with E-state index in [4.69, 9.17) is 5.73 Å². The second-order valence-electron chi connectivity index (χ2n) is 8.96. The molecule has 0 radical (unpaired) electrons. The topological polar surface area (TPSA) is 87.8 Å². The number of nitrogens with one attached hydrogen (secondary N) is 1. The largest absolute Gasteiger partial charge is 0.387 e. The summed E-state index contributed by atoms with van der Waals surface area (Å²) < 4.78 is 0. The number of carbonyl (C=O) groups excluding carboxylic acids is 2. The summed E-state index contributed by atoms with van der Waals surface area (Å²) in [5.74, 6) is 0.168. The number of benzene rings is 2. The van der Waals surface area contributed by atoms with Crippen LogP contribution < -0.4 is 11.1 Å². The van der Waals surface area contributed by atoms with Gasteiger partial charge >= 0.3 is 0 Å². The lowest BCUT2D eigenvalue weighted by molar-refractivity contribution is -0.127. The summed E-state index contributed by atoms with van der Waals surface area (Å²) in [4.78, 5) is 32.5. The standard InChI is InChI=1S/C27H34N4O2/c1-5-14-31(15-6-2)26(33)21-16-19-12-13-20(17-23(19)29-24(28)18-21)25(32)30-27(3,4)22-10-8-7-9-11-22/h7-13,16-17H,5-6,14-15,18H2,1-4H3,(H2,28,29)(H,30,32). The number of fused-ring (bicyclic) bond motifs is 1. The fourth-order valence-electron chi connectivity index (χ4n) is 4.01. The summed E-state index contributed by atoms with van der Waals surface area (Å²) in [5.41, 5.74) is 9.15. The van der Waals surface area contributed by atoms with Crippen molar-refractivity contribution in [2.45, 2.75) is 52.5 Å². The van der Waals surface area contributed by atoms with Crippen LogP contribution in [0.3, 0.4) is 0 Å². The SMILES string of the molecule is CCCN(CCC)C(=O)C1=Cc2ccc(C(=O)NC(C)(C)c3ccccc3)cc2N=C(N)C1. The van der Waals surface area contributed by atoms with Gasteiger partial charge in [-0.15, -0.1) is 0 Å². The highest BCUT2D eigenvalue weighted by atomic mass is 16.2. The van der Waals surface area contributed by atoms with E-state index >= 15 is 0 Å². The summed E-state index contributed by atoms with van der Waals surface area (Å²) >= 11 is 0. The molecule has 0 saturated heterocycles. The van der Waals surface area contributed by atoms with Crippen molar-refractivity contribution in [3.8, 4) is 0 Å². The number of hydrogen-bond donors (Lipinski definition) is 2. The van der Waals surface area contributed by atoms with Gasteiger partial charge < -0.3 is 16.0 Å². The van der Waals surface area contributed by atoms with Crippen LogP contribution in [0.2, 0.25) is 0 Å². The Kier molecular flexibility index (Phi) is 7.69. The van der Waals surface area contributed by atoms with Crippen LogP contribution in [0, 0.1) is 0 Å². The Morgan fingerprint density at radius 3 is 2.36 bits per heavy atom. The minimum absolute atomic E-state index is 0.00358. The molecule has 0 atom stereocenters. The first kappa shape index (κ1) is 24.2. The predicted octanol–water partition coefficient (Wildman–Crippen LogP) is 4.78. The molecule has 0 bridgehead atoms. The fraction of sp³-hybridized carbons (Fsp3) is 0.370. The smallest absolute Gasteiger partial charge is 0.252 e. The molecule has 6 heteroatoms. The van der Waals surface area contributed by atoms with Gasteiger partial charge in [-0.3, -0.25) is 9.59 Å². The second-order valence-corrected chi connectivity index (χ2v) is 8.96. The molecule has 3 rings (SSSR count).